The number of aliphatic hydroxyl groups is 1. The highest BCUT2D eigenvalue weighted by Crippen LogP contribution is 2.38. The third-order valence-corrected chi connectivity index (χ3v) is 6.08. The molecule has 6 heteroatoms. The Kier molecular flexibility index (Phi) is 6.65. The second-order valence-corrected chi connectivity index (χ2v) is 8.41. The summed E-state index contributed by atoms with van der Waals surface area (Å²) in [4.78, 5) is 13.0. The number of carbonyl (C=O) groups is 1. The Morgan fingerprint density at radius 3 is 2.79 bits per heavy atom. The number of anilines is 1. The molecule has 5 nitrogen and oxygen atoms in total. The first-order chi connectivity index (χ1) is 13.4. The van der Waals surface area contributed by atoms with Gasteiger partial charge in [0.1, 0.15) is 0 Å². The van der Waals surface area contributed by atoms with Crippen molar-refractivity contribution < 1.29 is 19.7 Å². The summed E-state index contributed by atoms with van der Waals surface area (Å²) in [5, 5.41) is 23.2. The molecule has 2 aromatic rings. The molecule has 0 aromatic heterocycles. The Balaban J connectivity index is 1.80. The second-order valence-electron chi connectivity index (χ2n) is 7.26. The van der Waals surface area contributed by atoms with Gasteiger partial charge in [0.05, 0.1) is 18.3 Å². The minimum Gasteiger partial charge on any atom is -0.481 e. The molecular weight excluding hydrogens is 374 g/mol. The summed E-state index contributed by atoms with van der Waals surface area (Å²) in [6.07, 6.45) is 1.82. The summed E-state index contributed by atoms with van der Waals surface area (Å²) in [5.41, 5.74) is 2.01. The number of hydrogen-bond acceptors (Lipinski definition) is 5. The van der Waals surface area contributed by atoms with E-state index in [1.165, 1.54) is 0 Å². The number of aryl methyl sites for hydroxylation is 1. The largest absolute Gasteiger partial charge is 0.481 e. The van der Waals surface area contributed by atoms with E-state index in [2.05, 4.69) is 5.32 Å². The van der Waals surface area contributed by atoms with Crippen molar-refractivity contribution in [2.45, 2.75) is 54.1 Å². The Hall–Kier alpha value is -2.02. The van der Waals surface area contributed by atoms with Crippen LogP contribution in [0.3, 0.4) is 0 Å². The lowest BCUT2D eigenvalue weighted by Crippen LogP contribution is -2.37. The first-order valence-corrected chi connectivity index (χ1v) is 10.4. The Morgan fingerprint density at radius 1 is 1.29 bits per heavy atom. The first kappa shape index (κ1) is 20.7. The fraction of sp³-hybridized carbons (Fsp3) is 0.409. The molecule has 0 saturated carbocycles. The molecule has 28 heavy (non-hydrogen) atoms. The van der Waals surface area contributed by atoms with Gasteiger partial charge in [-0.25, -0.2) is 0 Å². The Morgan fingerprint density at radius 2 is 2.07 bits per heavy atom. The molecule has 2 atom stereocenters. The molecule has 1 aliphatic rings. The van der Waals surface area contributed by atoms with E-state index in [9.17, 15) is 9.90 Å². The van der Waals surface area contributed by atoms with Crippen molar-refractivity contribution in [1.82, 2.24) is 0 Å². The molecular formula is C22H27NO4S. The molecule has 0 bridgehead atoms. The highest BCUT2D eigenvalue weighted by atomic mass is 32.2. The maximum absolute atomic E-state index is 11.1. The van der Waals surface area contributed by atoms with Gasteiger partial charge < -0.3 is 20.3 Å². The van der Waals surface area contributed by atoms with E-state index in [0.29, 0.717) is 25.9 Å². The van der Waals surface area contributed by atoms with Crippen LogP contribution in [-0.4, -0.2) is 35.9 Å². The predicted molar refractivity (Wildman–Crippen MR) is 111 cm³/mol. The second kappa shape index (κ2) is 8.99. The molecule has 0 unspecified atom stereocenters. The third kappa shape index (κ3) is 5.07. The molecule has 1 fully saturated rings. The number of rotatable bonds is 7. The van der Waals surface area contributed by atoms with Crippen LogP contribution in [0, 0.1) is 0 Å². The first-order valence-electron chi connectivity index (χ1n) is 9.54. The Labute approximate surface area is 170 Å². The van der Waals surface area contributed by atoms with Crippen LogP contribution in [0.15, 0.2) is 52.3 Å². The van der Waals surface area contributed by atoms with Crippen LogP contribution in [-0.2, 0) is 21.6 Å². The van der Waals surface area contributed by atoms with Gasteiger partial charge in [0.15, 0.2) is 0 Å². The van der Waals surface area contributed by atoms with E-state index in [1.807, 2.05) is 56.4 Å². The lowest BCUT2D eigenvalue weighted by Gasteiger charge is -2.36. The van der Waals surface area contributed by atoms with Crippen LogP contribution < -0.4 is 5.32 Å². The minimum absolute atomic E-state index is 0.0425. The summed E-state index contributed by atoms with van der Waals surface area (Å²) < 4.78 is 5.58. The zero-order chi connectivity index (χ0) is 20.1. The van der Waals surface area contributed by atoms with Gasteiger partial charge in [-0.2, -0.15) is 0 Å². The smallest absolute Gasteiger partial charge is 0.303 e. The highest BCUT2D eigenvalue weighted by molar-refractivity contribution is 7.99. The molecule has 3 N–H and O–H groups in total. The quantitative estimate of drug-likeness (QED) is 0.643. The van der Waals surface area contributed by atoms with Gasteiger partial charge in [-0.3, -0.25) is 4.79 Å². The molecule has 0 amide bonds. The van der Waals surface area contributed by atoms with Crippen LogP contribution in [0.2, 0.25) is 0 Å². The fourth-order valence-electron chi connectivity index (χ4n) is 3.64. The molecule has 1 aliphatic heterocycles. The van der Waals surface area contributed by atoms with E-state index < -0.39 is 11.6 Å². The zero-order valence-electron chi connectivity index (χ0n) is 16.3. The van der Waals surface area contributed by atoms with Gasteiger partial charge in [-0.1, -0.05) is 23.9 Å². The van der Waals surface area contributed by atoms with Crippen molar-refractivity contribution in [2.24, 2.45) is 0 Å². The summed E-state index contributed by atoms with van der Waals surface area (Å²) in [6.45, 7) is 2.55. The normalized spacial score (nSPS) is 22.0. The monoisotopic (exact) mass is 401 g/mol. The van der Waals surface area contributed by atoms with Gasteiger partial charge in [-0.15, -0.1) is 0 Å². The van der Waals surface area contributed by atoms with Gasteiger partial charge in [0, 0.05) is 41.8 Å². The summed E-state index contributed by atoms with van der Waals surface area (Å²) >= 11 is 1.62. The molecule has 0 radical (unpaired) electrons. The summed E-state index contributed by atoms with van der Waals surface area (Å²) in [6, 6.07) is 14.1. The summed E-state index contributed by atoms with van der Waals surface area (Å²) in [5.74, 6) is -0.799. The molecule has 0 aliphatic carbocycles. The maximum Gasteiger partial charge on any atom is 0.303 e. The lowest BCUT2D eigenvalue weighted by atomic mass is 9.84. The highest BCUT2D eigenvalue weighted by Gasteiger charge is 2.35. The van der Waals surface area contributed by atoms with Gasteiger partial charge >= 0.3 is 5.97 Å². The molecule has 2 aromatic carbocycles. The number of aliphatic carboxylic acids is 1. The van der Waals surface area contributed by atoms with E-state index in [1.54, 1.807) is 11.8 Å². The number of benzene rings is 2. The lowest BCUT2D eigenvalue weighted by molar-refractivity contribution is -0.136. The fourth-order valence-corrected chi connectivity index (χ4v) is 4.58. The van der Waals surface area contributed by atoms with E-state index in [4.69, 9.17) is 9.84 Å². The van der Waals surface area contributed by atoms with E-state index in [0.717, 1.165) is 26.6 Å². The molecule has 150 valence electrons. The molecule has 1 saturated heterocycles. The van der Waals surface area contributed by atoms with E-state index >= 15 is 0 Å². The summed E-state index contributed by atoms with van der Waals surface area (Å²) in [7, 11) is 1.84. The number of ether oxygens (including phenoxy) is 1. The van der Waals surface area contributed by atoms with Crippen LogP contribution in [0.5, 0.6) is 0 Å². The standard InChI is InChI=1S/C22H27NO4S/c1-15-14-22(26,10-11-27-15)17-4-3-5-18(13-17)28-19-7-8-20(23-2)16(12-19)6-9-21(24)25/h3-5,7-8,12-13,15,23,26H,6,9-11,14H2,1-2H3,(H,24,25)/t15-,22+/m0/s1. The van der Waals surface area contributed by atoms with Crippen molar-refractivity contribution in [3.8, 4) is 0 Å². The molecule has 1 heterocycles. The minimum atomic E-state index is -0.850. The third-order valence-electron chi connectivity index (χ3n) is 5.10. The van der Waals surface area contributed by atoms with Gasteiger partial charge in [-0.05, 0) is 54.8 Å². The van der Waals surface area contributed by atoms with E-state index in [-0.39, 0.29) is 12.5 Å². The number of carboxylic acids is 1. The average molecular weight is 402 g/mol. The molecule has 0 spiro atoms. The van der Waals surface area contributed by atoms with Crippen molar-refractivity contribution in [3.63, 3.8) is 0 Å². The van der Waals surface area contributed by atoms with Crippen LogP contribution in [0.25, 0.3) is 0 Å². The van der Waals surface area contributed by atoms with Crippen molar-refractivity contribution in [1.29, 1.82) is 0 Å². The van der Waals surface area contributed by atoms with Crippen molar-refractivity contribution in [2.75, 3.05) is 19.0 Å². The zero-order valence-corrected chi connectivity index (χ0v) is 17.1. The van der Waals surface area contributed by atoms with Crippen LogP contribution >= 0.6 is 11.8 Å². The van der Waals surface area contributed by atoms with Gasteiger partial charge in [0.25, 0.3) is 0 Å². The average Bonchev–Trinajstić information content (AvgIpc) is 2.66. The predicted octanol–water partition coefficient (Wildman–Crippen LogP) is 4.28. The van der Waals surface area contributed by atoms with Crippen LogP contribution in [0.4, 0.5) is 5.69 Å². The number of carboxylic acid groups (broad SMARTS) is 1. The SMILES string of the molecule is CNc1ccc(Sc2cccc([C@@]3(O)CCO[C@@H](C)C3)c2)cc1CCC(=O)O. The topological polar surface area (TPSA) is 78.8 Å². The number of hydrogen-bond donors (Lipinski definition) is 3. The van der Waals surface area contributed by atoms with Gasteiger partial charge in [0.2, 0.25) is 0 Å². The van der Waals surface area contributed by atoms with Crippen molar-refractivity contribution >= 4 is 23.4 Å². The van der Waals surface area contributed by atoms with Crippen LogP contribution in [0.1, 0.15) is 37.3 Å². The number of nitrogens with one attached hydrogen (secondary N) is 1. The maximum atomic E-state index is 11.1. The Bertz CT molecular complexity index is 841. The van der Waals surface area contributed by atoms with Crippen molar-refractivity contribution in [3.05, 3.63) is 53.6 Å². The molecule has 3 rings (SSSR count).